The van der Waals surface area contributed by atoms with Crippen molar-refractivity contribution in [3.63, 3.8) is 0 Å². The zero-order valence-corrected chi connectivity index (χ0v) is 54.3. The molecule has 3 aromatic rings. The molecule has 1 heterocycles. The lowest BCUT2D eigenvalue weighted by atomic mass is 9.44. The van der Waals surface area contributed by atoms with Crippen LogP contribution in [-0.4, -0.2) is 169 Å². The number of carbonyl (C=O) groups excluding carboxylic acids is 12. The first-order valence-electron chi connectivity index (χ1n) is 31.0. The van der Waals surface area contributed by atoms with Gasteiger partial charge in [0.1, 0.15) is 42.3 Å². The quantitative estimate of drug-likeness (QED) is 0.0230. The molecular formula is C68H83N3O23. The number of aliphatic hydroxyl groups is 2. The Labute approximate surface area is 543 Å². The number of ketones is 2. The van der Waals surface area contributed by atoms with Gasteiger partial charge in [-0.3, -0.25) is 47.9 Å². The summed E-state index contributed by atoms with van der Waals surface area (Å²) in [6, 6.07) is 21.4. The maximum absolute atomic E-state index is 15.9. The normalized spacial score (nSPS) is 25.2. The third kappa shape index (κ3) is 16.4. The van der Waals surface area contributed by atoms with Gasteiger partial charge in [-0.05, 0) is 74.7 Å². The molecule has 0 radical (unpaired) electrons. The Kier molecular flexibility index (Phi) is 23.6. The summed E-state index contributed by atoms with van der Waals surface area (Å²) in [6.45, 7) is 11.0. The Bertz CT molecular complexity index is 3370. The van der Waals surface area contributed by atoms with Crippen LogP contribution in [-0.2, 0) is 90.6 Å². The van der Waals surface area contributed by atoms with Crippen molar-refractivity contribution in [2.75, 3.05) is 33.4 Å². The summed E-state index contributed by atoms with van der Waals surface area (Å²) in [6.07, 6.45) is -14.4. The fourth-order valence-corrected chi connectivity index (χ4v) is 12.7. The highest BCUT2D eigenvalue weighted by atomic mass is 16.7. The number of carbonyl (C=O) groups is 12. The van der Waals surface area contributed by atoms with Gasteiger partial charge < -0.3 is 68.8 Å². The molecule has 4 aliphatic rings. The molecule has 7 rings (SSSR count). The van der Waals surface area contributed by atoms with Crippen LogP contribution in [0.3, 0.4) is 0 Å². The van der Waals surface area contributed by atoms with Crippen LogP contribution in [0.25, 0.3) is 0 Å². The molecule has 94 heavy (non-hydrogen) atoms. The molecule has 2 bridgehead atoms. The molecule has 1 unspecified atom stereocenters. The number of esters is 8. The van der Waals surface area contributed by atoms with E-state index in [1.807, 2.05) is 0 Å². The Hall–Kier alpha value is -8.72. The maximum atomic E-state index is 15.9. The molecule has 508 valence electrons. The van der Waals surface area contributed by atoms with Crippen molar-refractivity contribution >= 4 is 71.1 Å². The van der Waals surface area contributed by atoms with Crippen LogP contribution in [0.2, 0.25) is 0 Å². The number of ether oxygens (including phenoxy) is 9. The van der Waals surface area contributed by atoms with E-state index in [2.05, 4.69) is 16.0 Å². The van der Waals surface area contributed by atoms with Crippen molar-refractivity contribution in [1.29, 1.82) is 0 Å². The van der Waals surface area contributed by atoms with E-state index in [-0.39, 0.29) is 59.4 Å². The van der Waals surface area contributed by atoms with E-state index in [9.17, 15) is 58.2 Å². The number of hydrogen-bond donors (Lipinski definition) is 5. The van der Waals surface area contributed by atoms with Gasteiger partial charge in [-0.2, -0.15) is 0 Å². The Balaban J connectivity index is 1.24. The van der Waals surface area contributed by atoms with Crippen LogP contribution in [0.1, 0.15) is 146 Å². The van der Waals surface area contributed by atoms with E-state index in [0.29, 0.717) is 12.8 Å². The molecule has 3 fully saturated rings. The number of likely N-dealkylation sites (N-methyl/N-ethyl adjacent to an activating group) is 1. The largest absolute Gasteiger partial charge is 0.457 e. The average Bonchev–Trinajstić information content (AvgIpc) is 0.671. The van der Waals surface area contributed by atoms with Crippen molar-refractivity contribution < 1.29 is 110 Å². The summed E-state index contributed by atoms with van der Waals surface area (Å²) >= 11 is 0. The zero-order chi connectivity index (χ0) is 69.1. The summed E-state index contributed by atoms with van der Waals surface area (Å²) in [5.41, 5.74) is -8.99. The van der Waals surface area contributed by atoms with Gasteiger partial charge in [-0.25, -0.2) is 9.59 Å². The monoisotopic (exact) mass is 1310 g/mol. The number of rotatable bonds is 27. The third-order valence-corrected chi connectivity index (χ3v) is 17.8. The van der Waals surface area contributed by atoms with E-state index in [1.165, 1.54) is 71.1 Å². The van der Waals surface area contributed by atoms with Gasteiger partial charge in [0.25, 0.3) is 12.2 Å². The van der Waals surface area contributed by atoms with Gasteiger partial charge in [0.2, 0.25) is 12.0 Å². The Morgan fingerprint density at radius 1 is 0.713 bits per heavy atom. The van der Waals surface area contributed by atoms with Gasteiger partial charge in [-0.15, -0.1) is 0 Å². The fraction of sp³-hybridized carbons (Fsp3) is 0.529. The molecule has 0 spiro atoms. The molecule has 2 amide bonds. The lowest BCUT2D eigenvalue weighted by Crippen LogP contribution is -2.82. The van der Waals surface area contributed by atoms with Gasteiger partial charge in [0, 0.05) is 55.9 Å². The highest BCUT2D eigenvalue weighted by molar-refractivity contribution is 5.97. The third-order valence-electron chi connectivity index (χ3n) is 17.8. The molecule has 2 saturated carbocycles. The number of amides is 2. The molecule has 3 aromatic carbocycles. The fourth-order valence-electron chi connectivity index (χ4n) is 12.7. The lowest BCUT2D eigenvalue weighted by Gasteiger charge is -2.67. The SMILES string of the molecule is CNCC(=O)OCC(OC(=O)CCC(=O)O[C@H](C(=O)O[C@H]1C[C@@]2(O)[C@@H](OC(=O)c3ccccc3)[C@@H]3[C@]4(OC(C)=O)CO[C@@H]4C[C@H](O)[C@@]3(C)C(=O)[C@H](OC(C)=O)C(=C1C)C2(C)C)[C@@H](NC(=O)c1ccccc1)c1ccccc1)OC(=O)CNC(=O)CCCCC(=O)C(C)(C)C. The number of Topliss-reactive ketones (excluding diaryl/α,β-unsaturated/α-hetero) is 2. The number of benzene rings is 3. The van der Waals surface area contributed by atoms with Crippen LogP contribution in [0, 0.1) is 22.2 Å². The van der Waals surface area contributed by atoms with Crippen molar-refractivity contribution in [1.82, 2.24) is 16.0 Å². The van der Waals surface area contributed by atoms with Crippen LogP contribution in [0.4, 0.5) is 0 Å². The van der Waals surface area contributed by atoms with Crippen molar-refractivity contribution in [2.45, 2.75) is 174 Å². The first-order valence-corrected chi connectivity index (χ1v) is 31.0. The number of fused-ring (bicyclic) bond motifs is 5. The van der Waals surface area contributed by atoms with E-state index in [1.54, 1.807) is 75.4 Å². The first-order chi connectivity index (χ1) is 44.3. The highest BCUT2D eigenvalue weighted by Gasteiger charge is 2.78. The second kappa shape index (κ2) is 30.6. The van der Waals surface area contributed by atoms with E-state index in [0.717, 1.165) is 13.8 Å². The molecule has 26 heteroatoms. The van der Waals surface area contributed by atoms with Gasteiger partial charge in [0.05, 0.1) is 49.0 Å². The van der Waals surface area contributed by atoms with Crippen molar-refractivity contribution in [3.8, 4) is 0 Å². The summed E-state index contributed by atoms with van der Waals surface area (Å²) in [5.74, 6) is -12.7. The molecule has 12 atom stereocenters. The second-order valence-corrected chi connectivity index (χ2v) is 25.6. The Morgan fingerprint density at radius 3 is 1.87 bits per heavy atom. The van der Waals surface area contributed by atoms with E-state index >= 15 is 9.59 Å². The molecule has 5 N–H and O–H groups in total. The number of hydrogen-bond acceptors (Lipinski definition) is 24. The van der Waals surface area contributed by atoms with Gasteiger partial charge in [-0.1, -0.05) is 101 Å². The average molecular weight is 1310 g/mol. The van der Waals surface area contributed by atoms with E-state index in [4.69, 9.17) is 42.6 Å². The van der Waals surface area contributed by atoms with Crippen LogP contribution < -0.4 is 16.0 Å². The minimum Gasteiger partial charge on any atom is -0.457 e. The highest BCUT2D eigenvalue weighted by Crippen LogP contribution is 2.64. The molecule has 1 saturated heterocycles. The predicted octanol–water partition coefficient (Wildman–Crippen LogP) is 4.53. The summed E-state index contributed by atoms with van der Waals surface area (Å²) in [4.78, 5) is 165. The predicted molar refractivity (Wildman–Crippen MR) is 328 cm³/mol. The molecule has 3 aliphatic carbocycles. The molecule has 0 aromatic heterocycles. The van der Waals surface area contributed by atoms with Crippen molar-refractivity contribution in [3.05, 3.63) is 119 Å². The molecule has 1 aliphatic heterocycles. The standard InChI is InChI=1S/C68H83N3O23/c1-38-44(33-68(85)60(93-62(83)43-26-18-13-19-27-43)58-66(9,46(75)32-47-67(58,37-87-47)94-40(3)73)59(81)56(88-39(2)72)54(38)65(68,7)8)89-63(84)57(55(41-22-14-11-15-23-41)71-61(82)42-24-16-12-17-25-42)92-50(78)31-30-49(77)90-53(36-86-51(79)34-69-10)91-52(80)35-70-48(76)29-21-20-28-45(74)64(4,5)6/h11-19,22-27,44,46-47,53,55-58,60,69,75,85H,20-21,28-37H2,1-10H3,(H,70,76)(H,71,82)/t44-,46-,47+,53?,55-,56+,57-,58-,60-,66+,67-,68+/m0/s1. The maximum Gasteiger partial charge on any atom is 0.350 e. The minimum absolute atomic E-state index is 0.00939. The Morgan fingerprint density at radius 2 is 1.30 bits per heavy atom. The summed E-state index contributed by atoms with van der Waals surface area (Å²) < 4.78 is 52.6. The van der Waals surface area contributed by atoms with Gasteiger partial charge >= 0.3 is 47.8 Å². The number of aliphatic hydroxyl groups excluding tert-OH is 1. The second-order valence-electron chi connectivity index (χ2n) is 25.6. The van der Waals surface area contributed by atoms with Gasteiger partial charge in [0.15, 0.2) is 24.1 Å². The lowest BCUT2D eigenvalue weighted by molar-refractivity contribution is -0.346. The molecular weight excluding hydrogens is 1230 g/mol. The molecule has 26 nitrogen and oxygen atoms in total. The van der Waals surface area contributed by atoms with Crippen LogP contribution in [0.5, 0.6) is 0 Å². The zero-order valence-electron chi connectivity index (χ0n) is 54.3. The summed E-state index contributed by atoms with van der Waals surface area (Å²) in [7, 11) is 1.45. The topological polar surface area (TPSA) is 364 Å². The first kappa shape index (κ1) is 72.7. The number of unbranched alkanes of at least 4 members (excludes halogenated alkanes) is 1. The smallest absolute Gasteiger partial charge is 0.350 e. The summed E-state index contributed by atoms with van der Waals surface area (Å²) in [5, 5.41) is 34.1. The van der Waals surface area contributed by atoms with Crippen molar-refractivity contribution in [2.24, 2.45) is 22.2 Å². The van der Waals surface area contributed by atoms with Crippen LogP contribution in [0.15, 0.2) is 102 Å². The van der Waals surface area contributed by atoms with Crippen LogP contribution >= 0.6 is 0 Å². The number of nitrogens with one attached hydrogen (secondary N) is 3. The minimum atomic E-state index is -2.60. The van der Waals surface area contributed by atoms with E-state index < -0.39 is 187 Å².